The van der Waals surface area contributed by atoms with Crippen LogP contribution in [0, 0.1) is 0 Å². The summed E-state index contributed by atoms with van der Waals surface area (Å²) in [6, 6.07) is 7.96. The molecule has 0 atom stereocenters. The lowest BCUT2D eigenvalue weighted by Gasteiger charge is -2.08. The molecule has 0 bridgehead atoms. The Morgan fingerprint density at radius 3 is 2.41 bits per heavy atom. The van der Waals surface area contributed by atoms with Crippen molar-refractivity contribution in [1.29, 1.82) is 0 Å². The molecule has 1 rings (SSSR count). The van der Waals surface area contributed by atoms with Gasteiger partial charge in [-0.2, -0.15) is 11.8 Å². The molecule has 0 heterocycles. The fraction of sp³-hybridized carbons (Fsp3) is 0.500. The topological polar surface area (TPSA) is 20.3 Å². The monoisotopic (exact) mass is 251 g/mol. The average Bonchev–Trinajstić information content (AvgIpc) is 2.34. The van der Waals surface area contributed by atoms with Gasteiger partial charge in [-0.15, -0.1) is 0 Å². The van der Waals surface area contributed by atoms with Crippen LogP contribution in [-0.2, 0) is 6.42 Å². The molecule has 0 aliphatic rings. The fourth-order valence-electron chi connectivity index (χ4n) is 1.42. The van der Waals surface area contributed by atoms with Crippen molar-refractivity contribution in [3.8, 4) is 0 Å². The van der Waals surface area contributed by atoms with Crippen LogP contribution < -0.4 is 0 Å². The molecule has 0 unspecified atom stereocenters. The van der Waals surface area contributed by atoms with Crippen LogP contribution in [0.4, 0.5) is 0 Å². The minimum Gasteiger partial charge on any atom is -0.309 e. The summed E-state index contributed by atoms with van der Waals surface area (Å²) >= 11 is 1.70. The van der Waals surface area contributed by atoms with Crippen molar-refractivity contribution in [3.63, 3.8) is 0 Å². The van der Waals surface area contributed by atoms with Gasteiger partial charge in [-0.25, -0.2) is 0 Å². The number of nitrogens with zero attached hydrogens (tertiary/aromatic N) is 1. The van der Waals surface area contributed by atoms with Gasteiger partial charge in [0.15, 0.2) is 5.78 Å². The molecule has 0 amide bonds. The van der Waals surface area contributed by atoms with E-state index in [4.69, 9.17) is 0 Å². The van der Waals surface area contributed by atoms with Crippen LogP contribution in [-0.4, -0.2) is 42.8 Å². The molecule has 2 nitrogen and oxygen atoms in total. The lowest BCUT2D eigenvalue weighted by atomic mass is 10.1. The smallest absolute Gasteiger partial charge is 0.172 e. The molecule has 94 valence electrons. The van der Waals surface area contributed by atoms with Gasteiger partial charge >= 0.3 is 0 Å². The first-order valence-corrected chi connectivity index (χ1v) is 7.13. The third-order valence-electron chi connectivity index (χ3n) is 2.60. The predicted molar refractivity (Wildman–Crippen MR) is 76.0 cm³/mol. The molecule has 1 aromatic rings. The molecule has 0 radical (unpaired) electrons. The quantitative estimate of drug-likeness (QED) is 0.549. The molecular formula is C14H21NOS. The minimum atomic E-state index is 0.233. The minimum absolute atomic E-state index is 0.233. The zero-order valence-electron chi connectivity index (χ0n) is 10.9. The van der Waals surface area contributed by atoms with E-state index in [9.17, 15) is 4.79 Å². The Morgan fingerprint density at radius 1 is 1.24 bits per heavy atom. The summed E-state index contributed by atoms with van der Waals surface area (Å²) in [5.74, 6) is 1.82. The number of Topliss-reactive ketones (excluding diaryl/α,β-unsaturated/α-hetero) is 1. The molecule has 0 aromatic heterocycles. The van der Waals surface area contributed by atoms with Gasteiger partial charge in [0.1, 0.15) is 0 Å². The first kappa shape index (κ1) is 14.3. The SMILES string of the molecule is CCc1ccc(C(=O)CSCCN(C)C)cc1. The maximum absolute atomic E-state index is 11.9. The highest BCUT2D eigenvalue weighted by molar-refractivity contribution is 8.00. The molecule has 1 aromatic carbocycles. The molecule has 0 N–H and O–H groups in total. The van der Waals surface area contributed by atoms with Gasteiger partial charge in [-0.1, -0.05) is 31.2 Å². The standard InChI is InChI=1S/C14H21NOS/c1-4-12-5-7-13(8-6-12)14(16)11-17-10-9-15(2)3/h5-8H,4,9-11H2,1-3H3. The van der Waals surface area contributed by atoms with Crippen LogP contribution in [0.1, 0.15) is 22.8 Å². The Morgan fingerprint density at radius 2 is 1.88 bits per heavy atom. The van der Waals surface area contributed by atoms with E-state index in [1.807, 2.05) is 38.4 Å². The van der Waals surface area contributed by atoms with E-state index in [0.29, 0.717) is 5.75 Å². The van der Waals surface area contributed by atoms with Crippen LogP contribution in [0.3, 0.4) is 0 Å². The Bertz CT molecular complexity index is 346. The lowest BCUT2D eigenvalue weighted by molar-refractivity contribution is 0.102. The van der Waals surface area contributed by atoms with Gasteiger partial charge in [0.2, 0.25) is 0 Å². The van der Waals surface area contributed by atoms with Crippen LogP contribution in [0.25, 0.3) is 0 Å². The summed E-state index contributed by atoms with van der Waals surface area (Å²) in [7, 11) is 4.09. The summed E-state index contributed by atoms with van der Waals surface area (Å²) < 4.78 is 0. The van der Waals surface area contributed by atoms with Gasteiger partial charge in [-0.05, 0) is 26.1 Å². The van der Waals surface area contributed by atoms with Crippen molar-refractivity contribution >= 4 is 17.5 Å². The van der Waals surface area contributed by atoms with Gasteiger partial charge in [0.05, 0.1) is 5.75 Å². The van der Waals surface area contributed by atoms with E-state index in [1.54, 1.807) is 11.8 Å². The zero-order chi connectivity index (χ0) is 12.7. The summed E-state index contributed by atoms with van der Waals surface area (Å²) in [6.45, 7) is 3.14. The third kappa shape index (κ3) is 5.37. The van der Waals surface area contributed by atoms with Crippen molar-refractivity contribution in [3.05, 3.63) is 35.4 Å². The Kier molecular flexibility index (Phi) is 6.30. The molecule has 0 spiro atoms. The Balaban J connectivity index is 2.36. The van der Waals surface area contributed by atoms with Crippen molar-refractivity contribution in [2.75, 3.05) is 32.1 Å². The summed E-state index contributed by atoms with van der Waals surface area (Å²) in [4.78, 5) is 14.0. The lowest BCUT2D eigenvalue weighted by Crippen LogP contribution is -2.15. The zero-order valence-corrected chi connectivity index (χ0v) is 11.7. The highest BCUT2D eigenvalue weighted by atomic mass is 32.2. The number of carbonyl (C=O) groups is 1. The van der Waals surface area contributed by atoms with Gasteiger partial charge < -0.3 is 4.90 Å². The summed E-state index contributed by atoms with van der Waals surface area (Å²) in [5, 5.41) is 0. The van der Waals surface area contributed by atoms with Gasteiger partial charge in [-0.3, -0.25) is 4.79 Å². The van der Waals surface area contributed by atoms with Crippen LogP contribution in [0.15, 0.2) is 24.3 Å². The maximum atomic E-state index is 11.9. The average molecular weight is 251 g/mol. The second kappa shape index (κ2) is 7.51. The molecule has 3 heteroatoms. The van der Waals surface area contributed by atoms with Crippen LogP contribution in [0.2, 0.25) is 0 Å². The first-order valence-electron chi connectivity index (χ1n) is 5.98. The normalized spacial score (nSPS) is 10.8. The number of benzene rings is 1. The van der Waals surface area contributed by atoms with Crippen molar-refractivity contribution < 1.29 is 4.79 Å². The first-order chi connectivity index (χ1) is 8.13. The maximum Gasteiger partial charge on any atom is 0.172 e. The molecule has 17 heavy (non-hydrogen) atoms. The van der Waals surface area contributed by atoms with E-state index in [0.717, 1.165) is 24.3 Å². The Labute approximate surface area is 108 Å². The van der Waals surface area contributed by atoms with E-state index < -0.39 is 0 Å². The van der Waals surface area contributed by atoms with Crippen molar-refractivity contribution in [2.24, 2.45) is 0 Å². The molecule has 0 aliphatic heterocycles. The largest absolute Gasteiger partial charge is 0.309 e. The molecule has 0 fully saturated rings. The molecule has 0 saturated heterocycles. The second-order valence-corrected chi connectivity index (χ2v) is 5.43. The number of thioether (sulfide) groups is 1. The molecule has 0 saturated carbocycles. The van der Waals surface area contributed by atoms with E-state index in [-0.39, 0.29) is 5.78 Å². The third-order valence-corrected chi connectivity index (χ3v) is 3.54. The summed E-state index contributed by atoms with van der Waals surface area (Å²) in [6.07, 6.45) is 1.02. The van der Waals surface area contributed by atoms with E-state index in [2.05, 4.69) is 11.8 Å². The van der Waals surface area contributed by atoms with E-state index in [1.165, 1.54) is 5.56 Å². The van der Waals surface area contributed by atoms with E-state index >= 15 is 0 Å². The number of hydrogen-bond donors (Lipinski definition) is 0. The Hall–Kier alpha value is -0.800. The number of hydrogen-bond acceptors (Lipinski definition) is 3. The second-order valence-electron chi connectivity index (χ2n) is 4.33. The number of aryl methyl sites for hydroxylation is 1. The number of rotatable bonds is 7. The summed E-state index contributed by atoms with van der Waals surface area (Å²) in [5.41, 5.74) is 2.11. The van der Waals surface area contributed by atoms with Crippen LogP contribution >= 0.6 is 11.8 Å². The number of carbonyl (C=O) groups excluding carboxylic acids is 1. The molecular weight excluding hydrogens is 230 g/mol. The van der Waals surface area contributed by atoms with Gasteiger partial charge in [0, 0.05) is 17.9 Å². The fourth-order valence-corrected chi connectivity index (χ4v) is 2.41. The highest BCUT2D eigenvalue weighted by Crippen LogP contribution is 2.09. The van der Waals surface area contributed by atoms with Crippen molar-refractivity contribution in [1.82, 2.24) is 4.90 Å². The molecule has 0 aliphatic carbocycles. The number of ketones is 1. The van der Waals surface area contributed by atoms with Crippen LogP contribution in [0.5, 0.6) is 0 Å². The predicted octanol–water partition coefficient (Wildman–Crippen LogP) is 2.73. The van der Waals surface area contributed by atoms with Gasteiger partial charge in [0.25, 0.3) is 0 Å². The van der Waals surface area contributed by atoms with Crippen molar-refractivity contribution in [2.45, 2.75) is 13.3 Å². The highest BCUT2D eigenvalue weighted by Gasteiger charge is 2.05.